The number of nitrogens with zero attached hydrogens (tertiary/aromatic N) is 4. The maximum Gasteiger partial charge on any atom is 0.290 e. The quantitative estimate of drug-likeness (QED) is 0.436. The van der Waals surface area contributed by atoms with Gasteiger partial charge in [0, 0.05) is 28.2 Å². The molecule has 0 saturated carbocycles. The number of anilines is 3. The van der Waals surface area contributed by atoms with Gasteiger partial charge in [-0.25, -0.2) is 0 Å². The summed E-state index contributed by atoms with van der Waals surface area (Å²) in [6.45, 7) is 1.96. The minimum atomic E-state index is -0.541. The highest BCUT2D eigenvalue weighted by Gasteiger charge is 2.26. The van der Waals surface area contributed by atoms with Crippen molar-refractivity contribution in [1.82, 2.24) is 24.5 Å². The molecule has 0 radical (unpaired) electrons. The van der Waals surface area contributed by atoms with Crippen molar-refractivity contribution in [2.24, 2.45) is 14.1 Å². The van der Waals surface area contributed by atoms with Crippen molar-refractivity contribution in [3.05, 3.63) is 62.3 Å². The van der Waals surface area contributed by atoms with E-state index in [0.717, 1.165) is 10.2 Å². The van der Waals surface area contributed by atoms with Gasteiger partial charge in [0.25, 0.3) is 17.0 Å². The van der Waals surface area contributed by atoms with Crippen molar-refractivity contribution >= 4 is 23.1 Å². The molecule has 3 aromatic rings. The number of aromatic amines is 1. The Hall–Kier alpha value is -4.02. The lowest BCUT2D eigenvalue weighted by Gasteiger charge is -2.20. The number of hydrogen-bond acceptors (Lipinski definition) is 7. The standard InChI is InChI=1S/C21H27N7O4/c1-6-13(12-10-8-7-9-11-12)22-14-15(20(31)28(5)25-19(14)30)23-18-17(29)16(27(4)24-18)21(32)26(2)3/h7-11,13,22,29H,6H2,1-5H3,(H,23,24)(H,25,30)/t13-/m1/s1. The lowest BCUT2D eigenvalue weighted by Crippen LogP contribution is -2.32. The average molecular weight is 441 g/mol. The van der Waals surface area contributed by atoms with Gasteiger partial charge in [-0.3, -0.25) is 28.8 Å². The van der Waals surface area contributed by atoms with Crippen LogP contribution in [-0.4, -0.2) is 49.6 Å². The number of aromatic hydroxyl groups is 1. The molecular weight excluding hydrogens is 414 g/mol. The summed E-state index contributed by atoms with van der Waals surface area (Å²) < 4.78 is 2.24. The van der Waals surface area contributed by atoms with Crippen LogP contribution < -0.4 is 21.8 Å². The predicted octanol–water partition coefficient (Wildman–Crippen LogP) is 1.52. The number of nitrogens with one attached hydrogen (secondary N) is 3. The number of rotatable bonds is 7. The van der Waals surface area contributed by atoms with Crippen molar-refractivity contribution in [3.8, 4) is 5.75 Å². The van der Waals surface area contributed by atoms with E-state index in [1.807, 2.05) is 37.3 Å². The van der Waals surface area contributed by atoms with Crippen LogP contribution in [0.4, 0.5) is 17.2 Å². The van der Waals surface area contributed by atoms with Crippen LogP contribution in [0.25, 0.3) is 0 Å². The fourth-order valence-corrected chi connectivity index (χ4v) is 3.35. The second kappa shape index (κ2) is 9.00. The maximum atomic E-state index is 12.9. The normalized spacial score (nSPS) is 11.8. The van der Waals surface area contributed by atoms with Crippen molar-refractivity contribution in [2.75, 3.05) is 24.7 Å². The molecule has 0 spiro atoms. The molecule has 1 amide bonds. The summed E-state index contributed by atoms with van der Waals surface area (Å²) in [4.78, 5) is 39.3. The fraction of sp³-hybridized carbons (Fsp3) is 0.333. The first-order valence-corrected chi connectivity index (χ1v) is 10.0. The fourth-order valence-electron chi connectivity index (χ4n) is 3.35. The molecule has 0 fully saturated rings. The molecule has 4 N–H and O–H groups in total. The van der Waals surface area contributed by atoms with Gasteiger partial charge in [-0.2, -0.15) is 5.10 Å². The van der Waals surface area contributed by atoms with Crippen LogP contribution in [0.1, 0.15) is 35.4 Å². The first kappa shape index (κ1) is 22.7. The van der Waals surface area contributed by atoms with E-state index >= 15 is 0 Å². The molecule has 32 heavy (non-hydrogen) atoms. The molecule has 0 bridgehead atoms. The number of hydrogen-bond donors (Lipinski definition) is 4. The van der Waals surface area contributed by atoms with Gasteiger partial charge in [-0.15, -0.1) is 0 Å². The summed E-state index contributed by atoms with van der Waals surface area (Å²) in [7, 11) is 6.00. The SMILES string of the molecule is CC[C@@H](Nc1c(Nc2nn(C)c(C(=O)N(C)C)c2O)c(=O)n(C)[nH]c1=O)c1ccccc1. The molecule has 3 rings (SSSR count). The predicted molar refractivity (Wildman–Crippen MR) is 122 cm³/mol. The Balaban J connectivity index is 2.08. The summed E-state index contributed by atoms with van der Waals surface area (Å²) in [5.74, 6) is -0.997. The minimum absolute atomic E-state index is 0.00865. The third kappa shape index (κ3) is 4.22. The zero-order chi connectivity index (χ0) is 23.6. The zero-order valence-corrected chi connectivity index (χ0v) is 18.6. The number of aryl methyl sites for hydroxylation is 2. The number of aromatic nitrogens is 4. The lowest BCUT2D eigenvalue weighted by atomic mass is 10.0. The van der Waals surface area contributed by atoms with Crippen LogP contribution in [0.5, 0.6) is 5.75 Å². The van der Waals surface area contributed by atoms with Gasteiger partial charge in [0.05, 0.1) is 6.04 Å². The summed E-state index contributed by atoms with van der Waals surface area (Å²) in [6.07, 6.45) is 0.647. The third-order valence-corrected chi connectivity index (χ3v) is 5.07. The smallest absolute Gasteiger partial charge is 0.290 e. The molecule has 0 unspecified atom stereocenters. The van der Waals surface area contributed by atoms with E-state index in [1.165, 1.54) is 23.7 Å². The number of amides is 1. The average Bonchev–Trinajstić information content (AvgIpc) is 3.04. The van der Waals surface area contributed by atoms with Gasteiger partial charge in [-0.05, 0) is 12.0 Å². The molecule has 2 heterocycles. The van der Waals surface area contributed by atoms with Crippen molar-refractivity contribution in [3.63, 3.8) is 0 Å². The second-order valence-corrected chi connectivity index (χ2v) is 7.56. The molecule has 2 aromatic heterocycles. The summed E-state index contributed by atoms with van der Waals surface area (Å²) in [5, 5.41) is 23.1. The van der Waals surface area contributed by atoms with Crippen molar-refractivity contribution in [2.45, 2.75) is 19.4 Å². The zero-order valence-electron chi connectivity index (χ0n) is 18.6. The molecule has 1 atom stereocenters. The number of carbonyl (C=O) groups excluding carboxylic acids is 1. The monoisotopic (exact) mass is 441 g/mol. The Morgan fingerprint density at radius 3 is 2.44 bits per heavy atom. The summed E-state index contributed by atoms with van der Waals surface area (Å²) in [6, 6.07) is 9.28. The molecule has 170 valence electrons. The van der Waals surface area contributed by atoms with Gasteiger partial charge in [0.1, 0.15) is 11.4 Å². The minimum Gasteiger partial charge on any atom is -0.503 e. The highest BCUT2D eigenvalue weighted by atomic mass is 16.3. The highest BCUT2D eigenvalue weighted by Crippen LogP contribution is 2.31. The first-order valence-electron chi connectivity index (χ1n) is 10.0. The molecule has 0 aliphatic heterocycles. The second-order valence-electron chi connectivity index (χ2n) is 7.56. The maximum absolute atomic E-state index is 12.9. The van der Waals surface area contributed by atoms with Crippen LogP contribution in [0, 0.1) is 0 Å². The van der Waals surface area contributed by atoms with Crippen molar-refractivity contribution < 1.29 is 9.90 Å². The van der Waals surface area contributed by atoms with E-state index in [0.29, 0.717) is 6.42 Å². The lowest BCUT2D eigenvalue weighted by molar-refractivity contribution is 0.0814. The van der Waals surface area contributed by atoms with Gasteiger partial charge in [0.15, 0.2) is 17.3 Å². The summed E-state index contributed by atoms with van der Waals surface area (Å²) in [5.41, 5.74) is -0.258. The van der Waals surface area contributed by atoms with E-state index < -0.39 is 22.8 Å². The van der Waals surface area contributed by atoms with Crippen LogP contribution in [0.2, 0.25) is 0 Å². The van der Waals surface area contributed by atoms with E-state index in [-0.39, 0.29) is 28.9 Å². The number of benzene rings is 1. The Kier molecular flexibility index (Phi) is 6.37. The van der Waals surface area contributed by atoms with Gasteiger partial charge < -0.3 is 20.6 Å². The van der Waals surface area contributed by atoms with Crippen LogP contribution >= 0.6 is 0 Å². The molecule has 11 nitrogen and oxygen atoms in total. The molecular formula is C21H27N7O4. The summed E-state index contributed by atoms with van der Waals surface area (Å²) >= 11 is 0. The number of H-pyrrole nitrogens is 1. The molecule has 11 heteroatoms. The topological polar surface area (TPSA) is 137 Å². The third-order valence-electron chi connectivity index (χ3n) is 5.07. The van der Waals surface area contributed by atoms with Gasteiger partial charge in [-0.1, -0.05) is 37.3 Å². The van der Waals surface area contributed by atoms with Crippen LogP contribution in [0.15, 0.2) is 39.9 Å². The molecule has 0 aliphatic carbocycles. The molecule has 0 saturated heterocycles. The van der Waals surface area contributed by atoms with E-state index in [1.54, 1.807) is 14.1 Å². The highest BCUT2D eigenvalue weighted by molar-refractivity contribution is 5.97. The Morgan fingerprint density at radius 2 is 1.84 bits per heavy atom. The van der Waals surface area contributed by atoms with Gasteiger partial charge >= 0.3 is 0 Å². The van der Waals surface area contributed by atoms with E-state index in [4.69, 9.17) is 0 Å². The van der Waals surface area contributed by atoms with E-state index in [9.17, 15) is 19.5 Å². The largest absolute Gasteiger partial charge is 0.503 e. The van der Waals surface area contributed by atoms with Crippen LogP contribution in [-0.2, 0) is 14.1 Å². The van der Waals surface area contributed by atoms with Gasteiger partial charge in [0.2, 0.25) is 0 Å². The first-order chi connectivity index (χ1) is 15.1. The number of carbonyl (C=O) groups is 1. The Labute approximate surface area is 184 Å². The molecule has 1 aromatic carbocycles. The van der Waals surface area contributed by atoms with E-state index in [2.05, 4.69) is 20.8 Å². The molecule has 0 aliphatic rings. The Morgan fingerprint density at radius 1 is 1.19 bits per heavy atom. The Bertz CT molecular complexity index is 1240. The van der Waals surface area contributed by atoms with Crippen LogP contribution in [0.3, 0.4) is 0 Å². The van der Waals surface area contributed by atoms with Crippen molar-refractivity contribution in [1.29, 1.82) is 0 Å².